The molecule has 122 valence electrons. The summed E-state index contributed by atoms with van der Waals surface area (Å²) in [5.41, 5.74) is 0.962. The quantitative estimate of drug-likeness (QED) is 0.831. The van der Waals surface area contributed by atoms with Crippen molar-refractivity contribution in [2.75, 3.05) is 20.6 Å². The monoisotopic (exact) mass is 319 g/mol. The van der Waals surface area contributed by atoms with Crippen molar-refractivity contribution in [2.24, 2.45) is 5.92 Å². The second kappa shape index (κ2) is 7.33. The van der Waals surface area contributed by atoms with Crippen LogP contribution in [-0.2, 0) is 6.42 Å². The van der Waals surface area contributed by atoms with Gasteiger partial charge in [-0.2, -0.15) is 0 Å². The number of benzene rings is 2. The number of carbonyl (C=O) groups excluding carboxylic acids is 1. The van der Waals surface area contributed by atoms with E-state index in [2.05, 4.69) is 0 Å². The largest absolute Gasteiger partial charge is 0.508 e. The lowest BCUT2D eigenvalue weighted by Crippen LogP contribution is -2.29. The summed E-state index contributed by atoms with van der Waals surface area (Å²) in [6.07, 6.45) is 0.296. The van der Waals surface area contributed by atoms with E-state index < -0.39 is 17.6 Å². The van der Waals surface area contributed by atoms with Gasteiger partial charge in [0.15, 0.2) is 17.4 Å². The fraction of sp³-hybridized carbons (Fsp3) is 0.278. The molecule has 2 aromatic carbocycles. The van der Waals surface area contributed by atoms with Crippen molar-refractivity contribution < 1.29 is 18.7 Å². The van der Waals surface area contributed by atoms with E-state index >= 15 is 0 Å². The van der Waals surface area contributed by atoms with Crippen LogP contribution in [0.1, 0.15) is 15.9 Å². The van der Waals surface area contributed by atoms with Gasteiger partial charge in [-0.25, -0.2) is 8.78 Å². The predicted molar refractivity (Wildman–Crippen MR) is 84.5 cm³/mol. The summed E-state index contributed by atoms with van der Waals surface area (Å²) in [5.74, 6) is -2.36. The van der Waals surface area contributed by atoms with Gasteiger partial charge >= 0.3 is 0 Å². The molecule has 0 heterocycles. The van der Waals surface area contributed by atoms with E-state index in [4.69, 9.17) is 0 Å². The molecule has 0 fully saturated rings. The van der Waals surface area contributed by atoms with Crippen LogP contribution in [0.25, 0.3) is 0 Å². The number of hydrogen-bond acceptors (Lipinski definition) is 3. The highest BCUT2D eigenvalue weighted by molar-refractivity contribution is 5.98. The summed E-state index contributed by atoms with van der Waals surface area (Å²) in [6, 6.07) is 9.81. The Morgan fingerprint density at radius 3 is 2.48 bits per heavy atom. The van der Waals surface area contributed by atoms with Crippen molar-refractivity contribution in [2.45, 2.75) is 6.42 Å². The maximum Gasteiger partial charge on any atom is 0.167 e. The Morgan fingerprint density at radius 2 is 1.87 bits per heavy atom. The van der Waals surface area contributed by atoms with Crippen LogP contribution in [0.5, 0.6) is 5.75 Å². The smallest absolute Gasteiger partial charge is 0.167 e. The van der Waals surface area contributed by atoms with Gasteiger partial charge in [0, 0.05) is 18.0 Å². The number of rotatable bonds is 6. The van der Waals surface area contributed by atoms with Crippen molar-refractivity contribution in [1.29, 1.82) is 0 Å². The number of aromatic hydroxyl groups is 1. The third-order valence-corrected chi connectivity index (χ3v) is 3.55. The van der Waals surface area contributed by atoms with Crippen LogP contribution < -0.4 is 0 Å². The molecule has 0 amide bonds. The topological polar surface area (TPSA) is 40.5 Å². The van der Waals surface area contributed by atoms with Gasteiger partial charge in [0.25, 0.3) is 0 Å². The summed E-state index contributed by atoms with van der Waals surface area (Å²) in [4.78, 5) is 14.5. The van der Waals surface area contributed by atoms with Gasteiger partial charge in [-0.15, -0.1) is 0 Å². The molecule has 0 bridgehead atoms. The lowest BCUT2D eigenvalue weighted by Gasteiger charge is -2.20. The van der Waals surface area contributed by atoms with Gasteiger partial charge in [0.1, 0.15) is 5.75 Å². The summed E-state index contributed by atoms with van der Waals surface area (Å²) in [6.45, 7) is 0.466. The number of nitrogens with zero attached hydrogens (tertiary/aromatic N) is 1. The fourth-order valence-corrected chi connectivity index (χ4v) is 2.53. The molecule has 0 aliphatic carbocycles. The van der Waals surface area contributed by atoms with Crippen LogP contribution in [0.3, 0.4) is 0 Å². The maximum absolute atomic E-state index is 13.4. The summed E-state index contributed by atoms with van der Waals surface area (Å²) in [5, 5.41) is 9.53. The number of phenols is 1. The molecule has 0 saturated heterocycles. The van der Waals surface area contributed by atoms with E-state index in [1.54, 1.807) is 12.1 Å². The number of halogens is 2. The maximum atomic E-state index is 13.4. The van der Waals surface area contributed by atoms with Crippen LogP contribution in [0.4, 0.5) is 8.78 Å². The number of ketones is 1. The first-order valence-corrected chi connectivity index (χ1v) is 7.28. The molecule has 23 heavy (non-hydrogen) atoms. The zero-order valence-corrected chi connectivity index (χ0v) is 13.1. The molecule has 0 aromatic heterocycles. The number of carbonyl (C=O) groups is 1. The minimum Gasteiger partial charge on any atom is -0.508 e. The zero-order chi connectivity index (χ0) is 17.0. The Labute approximate surface area is 134 Å². The van der Waals surface area contributed by atoms with Gasteiger partial charge in [-0.3, -0.25) is 4.79 Å². The SMILES string of the molecule is CN(C)CC(Cc1ccc(F)c(F)c1)C(=O)c1cccc(O)c1. The molecule has 0 saturated carbocycles. The third kappa shape index (κ3) is 4.60. The lowest BCUT2D eigenvalue weighted by molar-refractivity contribution is 0.0896. The minimum absolute atomic E-state index is 0.0206. The highest BCUT2D eigenvalue weighted by Gasteiger charge is 2.22. The molecule has 0 aliphatic heterocycles. The number of Topliss-reactive ketones (excluding diaryl/α,β-unsaturated/α-hetero) is 1. The van der Waals surface area contributed by atoms with E-state index in [0.29, 0.717) is 24.1 Å². The number of phenolic OH excluding ortho intramolecular Hbond substituents is 1. The Kier molecular flexibility index (Phi) is 5.45. The Bertz CT molecular complexity index is 701. The van der Waals surface area contributed by atoms with Crippen LogP contribution in [0.15, 0.2) is 42.5 Å². The highest BCUT2D eigenvalue weighted by atomic mass is 19.2. The Morgan fingerprint density at radius 1 is 1.13 bits per heavy atom. The predicted octanol–water partition coefficient (Wildman–Crippen LogP) is 3.27. The second-order valence-electron chi connectivity index (χ2n) is 5.83. The van der Waals surface area contributed by atoms with Gasteiger partial charge in [0.2, 0.25) is 0 Å². The molecule has 1 unspecified atom stereocenters. The first-order chi connectivity index (χ1) is 10.9. The summed E-state index contributed by atoms with van der Waals surface area (Å²) >= 11 is 0. The normalized spacial score (nSPS) is 12.4. The van der Waals surface area contributed by atoms with Crippen molar-refractivity contribution in [3.05, 3.63) is 65.2 Å². The van der Waals surface area contributed by atoms with Gasteiger partial charge in [-0.1, -0.05) is 18.2 Å². The molecule has 3 nitrogen and oxygen atoms in total. The van der Waals surface area contributed by atoms with Gasteiger partial charge in [-0.05, 0) is 50.3 Å². The molecule has 5 heteroatoms. The van der Waals surface area contributed by atoms with E-state index in [1.165, 1.54) is 18.2 Å². The van der Waals surface area contributed by atoms with Crippen LogP contribution >= 0.6 is 0 Å². The average Bonchev–Trinajstić information content (AvgIpc) is 2.49. The molecule has 1 N–H and O–H groups in total. The molecule has 2 aromatic rings. The molecule has 1 atom stereocenters. The van der Waals surface area contributed by atoms with Crippen molar-refractivity contribution in [3.8, 4) is 5.75 Å². The van der Waals surface area contributed by atoms with E-state index in [0.717, 1.165) is 12.1 Å². The lowest BCUT2D eigenvalue weighted by atomic mass is 9.90. The van der Waals surface area contributed by atoms with Gasteiger partial charge < -0.3 is 10.0 Å². The molecule has 0 radical (unpaired) electrons. The molecule has 2 rings (SSSR count). The summed E-state index contributed by atoms with van der Waals surface area (Å²) < 4.78 is 26.4. The average molecular weight is 319 g/mol. The van der Waals surface area contributed by atoms with Crippen LogP contribution in [-0.4, -0.2) is 36.4 Å². The van der Waals surface area contributed by atoms with Crippen molar-refractivity contribution >= 4 is 5.78 Å². The standard InChI is InChI=1S/C18H19F2NO2/c1-21(2)11-14(8-12-6-7-16(19)17(20)9-12)18(23)13-4-3-5-15(22)10-13/h3-7,9-10,14,22H,8,11H2,1-2H3. The molecular weight excluding hydrogens is 300 g/mol. The van der Waals surface area contributed by atoms with E-state index in [-0.39, 0.29) is 11.5 Å². The molecule has 0 spiro atoms. The zero-order valence-electron chi connectivity index (χ0n) is 13.1. The van der Waals surface area contributed by atoms with Crippen LogP contribution in [0.2, 0.25) is 0 Å². The fourth-order valence-electron chi connectivity index (χ4n) is 2.53. The van der Waals surface area contributed by atoms with E-state index in [9.17, 15) is 18.7 Å². The first kappa shape index (κ1) is 17.1. The Hall–Kier alpha value is -2.27. The summed E-state index contributed by atoms with van der Waals surface area (Å²) in [7, 11) is 3.68. The minimum atomic E-state index is -0.920. The molecular formula is C18H19F2NO2. The first-order valence-electron chi connectivity index (χ1n) is 7.28. The van der Waals surface area contributed by atoms with Crippen molar-refractivity contribution in [3.63, 3.8) is 0 Å². The highest BCUT2D eigenvalue weighted by Crippen LogP contribution is 2.20. The Balaban J connectivity index is 2.25. The molecule has 0 aliphatic rings. The number of hydrogen-bond donors (Lipinski definition) is 1. The third-order valence-electron chi connectivity index (χ3n) is 3.55. The van der Waals surface area contributed by atoms with Gasteiger partial charge in [0.05, 0.1) is 0 Å². The van der Waals surface area contributed by atoms with Crippen LogP contribution in [0, 0.1) is 17.6 Å². The second-order valence-corrected chi connectivity index (χ2v) is 5.83. The van der Waals surface area contributed by atoms with E-state index in [1.807, 2.05) is 19.0 Å². The van der Waals surface area contributed by atoms with Crippen molar-refractivity contribution in [1.82, 2.24) is 4.90 Å².